The van der Waals surface area contributed by atoms with Crippen molar-refractivity contribution in [3.8, 4) is 5.75 Å². The van der Waals surface area contributed by atoms with E-state index >= 15 is 0 Å². The second-order valence-electron chi connectivity index (χ2n) is 7.98. The summed E-state index contributed by atoms with van der Waals surface area (Å²) < 4.78 is 31.3. The Labute approximate surface area is 193 Å². The Morgan fingerprint density at radius 2 is 1.73 bits per heavy atom. The molecular weight excluding hydrogens is 440 g/mol. The van der Waals surface area contributed by atoms with E-state index in [0.29, 0.717) is 34.7 Å². The van der Waals surface area contributed by atoms with Gasteiger partial charge in [-0.2, -0.15) is 0 Å². The highest BCUT2D eigenvalue weighted by Crippen LogP contribution is 2.34. The van der Waals surface area contributed by atoms with Crippen LogP contribution in [0.4, 0.5) is 11.4 Å². The predicted octanol–water partition coefficient (Wildman–Crippen LogP) is 3.91. The number of hydrogen-bond donors (Lipinski definition) is 1. The maximum atomic E-state index is 12.8. The number of fused-ring (bicyclic) bond motifs is 1. The molecule has 0 saturated carbocycles. The third kappa shape index (κ3) is 4.90. The Morgan fingerprint density at radius 3 is 2.45 bits per heavy atom. The fraction of sp³-hybridized carbons (Fsp3) is 0.200. The van der Waals surface area contributed by atoms with Gasteiger partial charge < -0.3 is 10.1 Å². The molecule has 1 heterocycles. The first-order valence-electron chi connectivity index (χ1n) is 10.5. The van der Waals surface area contributed by atoms with E-state index in [1.165, 1.54) is 10.6 Å². The molecule has 7 nitrogen and oxygen atoms in total. The summed E-state index contributed by atoms with van der Waals surface area (Å²) >= 11 is 0. The van der Waals surface area contributed by atoms with Crippen molar-refractivity contribution in [2.45, 2.75) is 19.4 Å². The molecule has 0 unspecified atom stereocenters. The fourth-order valence-corrected chi connectivity index (χ4v) is 5.27. The molecule has 0 aromatic heterocycles. The lowest BCUT2D eigenvalue weighted by Gasteiger charge is -2.21. The molecule has 0 radical (unpaired) electrons. The summed E-state index contributed by atoms with van der Waals surface area (Å²) in [5.74, 6) is -0.296. The summed E-state index contributed by atoms with van der Waals surface area (Å²) in [6, 6.07) is 20.6. The molecule has 0 fully saturated rings. The maximum Gasteiger partial charge on any atom is 0.259 e. The lowest BCUT2D eigenvalue weighted by Crippen LogP contribution is -2.34. The van der Waals surface area contributed by atoms with Gasteiger partial charge in [0.25, 0.3) is 5.91 Å². The van der Waals surface area contributed by atoms with Crippen LogP contribution in [0.15, 0.2) is 72.8 Å². The van der Waals surface area contributed by atoms with Crippen molar-refractivity contribution in [1.82, 2.24) is 0 Å². The molecule has 3 aromatic rings. The molecule has 1 N–H and O–H groups in total. The van der Waals surface area contributed by atoms with Crippen molar-refractivity contribution in [1.29, 1.82) is 0 Å². The number of rotatable bonds is 7. The Morgan fingerprint density at radius 1 is 1.03 bits per heavy atom. The van der Waals surface area contributed by atoms with Gasteiger partial charge in [-0.3, -0.25) is 13.9 Å². The standard InChI is InChI=1S/C25H24N2O5S/c1-17-14-19-15-18(12-13-22(19)27(17)33(2,30)31)23(28)16-32-24-11-7-6-10-21(24)25(29)26-20-8-4-3-5-9-20/h3-13,15,17H,14,16H2,1-2H3,(H,26,29)/t17-/m0/s1. The highest BCUT2D eigenvalue weighted by Gasteiger charge is 2.32. The number of nitrogens with zero attached hydrogens (tertiary/aromatic N) is 1. The first-order valence-corrected chi connectivity index (χ1v) is 12.3. The van der Waals surface area contributed by atoms with E-state index in [1.807, 2.05) is 25.1 Å². The van der Waals surface area contributed by atoms with Crippen LogP contribution in [0.2, 0.25) is 0 Å². The van der Waals surface area contributed by atoms with Crippen LogP contribution in [0.5, 0.6) is 5.75 Å². The zero-order valence-electron chi connectivity index (χ0n) is 18.3. The van der Waals surface area contributed by atoms with Gasteiger partial charge in [-0.1, -0.05) is 30.3 Å². The number of carbonyl (C=O) groups excluding carboxylic acids is 2. The van der Waals surface area contributed by atoms with Crippen molar-refractivity contribution < 1.29 is 22.7 Å². The summed E-state index contributed by atoms with van der Waals surface area (Å²) in [5, 5.41) is 2.81. The second kappa shape index (κ2) is 9.07. The number of anilines is 2. The number of hydrogen-bond acceptors (Lipinski definition) is 5. The van der Waals surface area contributed by atoms with Gasteiger partial charge in [0.05, 0.1) is 17.5 Å². The Kier molecular flexibility index (Phi) is 6.20. The molecule has 3 aromatic carbocycles. The Balaban J connectivity index is 1.47. The van der Waals surface area contributed by atoms with Crippen LogP contribution >= 0.6 is 0 Å². The van der Waals surface area contributed by atoms with Gasteiger partial charge in [-0.15, -0.1) is 0 Å². The van der Waals surface area contributed by atoms with E-state index in [2.05, 4.69) is 5.32 Å². The molecule has 0 spiro atoms. The van der Waals surface area contributed by atoms with Crippen LogP contribution in [-0.2, 0) is 16.4 Å². The smallest absolute Gasteiger partial charge is 0.259 e. The van der Waals surface area contributed by atoms with E-state index < -0.39 is 10.0 Å². The van der Waals surface area contributed by atoms with E-state index in [0.717, 1.165) is 5.56 Å². The summed E-state index contributed by atoms with van der Waals surface area (Å²) in [7, 11) is -3.39. The molecule has 0 bridgehead atoms. The first-order chi connectivity index (χ1) is 15.7. The number of Topliss-reactive ketones (excluding diaryl/α,β-unsaturated/α-hetero) is 1. The third-order valence-electron chi connectivity index (χ3n) is 5.43. The molecule has 1 amide bonds. The SMILES string of the molecule is C[C@H]1Cc2cc(C(=O)COc3ccccc3C(=O)Nc3ccccc3)ccc2N1S(C)(=O)=O. The van der Waals surface area contributed by atoms with Gasteiger partial charge >= 0.3 is 0 Å². The quantitative estimate of drug-likeness (QED) is 0.535. The van der Waals surface area contributed by atoms with Gasteiger partial charge in [-0.25, -0.2) is 8.42 Å². The van der Waals surface area contributed by atoms with Crippen LogP contribution in [-0.4, -0.2) is 39.0 Å². The highest BCUT2D eigenvalue weighted by atomic mass is 32.2. The third-order valence-corrected chi connectivity index (χ3v) is 6.71. The number of nitrogens with one attached hydrogen (secondary N) is 1. The summed E-state index contributed by atoms with van der Waals surface area (Å²) in [6.45, 7) is 1.59. The number of para-hydroxylation sites is 2. The van der Waals surface area contributed by atoms with Crippen molar-refractivity contribution in [2.75, 3.05) is 22.5 Å². The highest BCUT2D eigenvalue weighted by molar-refractivity contribution is 7.92. The average molecular weight is 465 g/mol. The molecule has 170 valence electrons. The van der Waals surface area contributed by atoms with Gasteiger partial charge in [0.2, 0.25) is 10.0 Å². The Hall–Kier alpha value is -3.65. The molecule has 8 heteroatoms. The van der Waals surface area contributed by atoms with Crippen molar-refractivity contribution >= 4 is 33.1 Å². The number of sulfonamides is 1. The van der Waals surface area contributed by atoms with Gasteiger partial charge in [-0.05, 0) is 61.4 Å². The number of ether oxygens (including phenoxy) is 1. The van der Waals surface area contributed by atoms with Crippen molar-refractivity contribution in [3.05, 3.63) is 89.5 Å². The molecule has 4 rings (SSSR count). The van der Waals surface area contributed by atoms with Crippen LogP contribution in [0.1, 0.15) is 33.2 Å². The van der Waals surface area contributed by atoms with Crippen molar-refractivity contribution in [3.63, 3.8) is 0 Å². The van der Waals surface area contributed by atoms with Crippen LogP contribution in [0, 0.1) is 0 Å². The zero-order valence-corrected chi connectivity index (χ0v) is 19.1. The zero-order chi connectivity index (χ0) is 23.6. The minimum absolute atomic E-state index is 0.202. The summed E-state index contributed by atoms with van der Waals surface area (Å²) in [4.78, 5) is 25.5. The van der Waals surface area contributed by atoms with E-state index in [-0.39, 0.29) is 24.3 Å². The van der Waals surface area contributed by atoms with Crippen LogP contribution in [0.3, 0.4) is 0 Å². The lowest BCUT2D eigenvalue weighted by atomic mass is 10.0. The van der Waals surface area contributed by atoms with Gasteiger partial charge in [0.1, 0.15) is 5.75 Å². The molecule has 33 heavy (non-hydrogen) atoms. The molecular formula is C25H24N2O5S. The molecule has 0 saturated heterocycles. The summed E-state index contributed by atoms with van der Waals surface area (Å²) in [6.07, 6.45) is 1.71. The monoisotopic (exact) mass is 464 g/mol. The minimum atomic E-state index is -3.39. The lowest BCUT2D eigenvalue weighted by molar-refractivity contribution is 0.0914. The molecule has 0 aliphatic carbocycles. The number of amides is 1. The van der Waals surface area contributed by atoms with Gasteiger partial charge in [0.15, 0.2) is 12.4 Å². The Bertz CT molecular complexity index is 1310. The van der Waals surface area contributed by atoms with Crippen molar-refractivity contribution in [2.24, 2.45) is 0 Å². The first kappa shape index (κ1) is 22.5. The maximum absolute atomic E-state index is 12.8. The topological polar surface area (TPSA) is 92.8 Å². The average Bonchev–Trinajstić information content (AvgIpc) is 3.13. The molecule has 1 atom stereocenters. The largest absolute Gasteiger partial charge is 0.485 e. The predicted molar refractivity (Wildman–Crippen MR) is 128 cm³/mol. The molecule has 1 aliphatic rings. The number of carbonyl (C=O) groups is 2. The van der Waals surface area contributed by atoms with Crippen LogP contribution < -0.4 is 14.4 Å². The normalized spacial score (nSPS) is 15.1. The molecule has 1 aliphatic heterocycles. The van der Waals surface area contributed by atoms with Gasteiger partial charge in [0, 0.05) is 17.3 Å². The second-order valence-corrected chi connectivity index (χ2v) is 9.84. The van der Waals surface area contributed by atoms with Crippen LogP contribution in [0.25, 0.3) is 0 Å². The minimum Gasteiger partial charge on any atom is -0.485 e. The number of ketones is 1. The van der Waals surface area contributed by atoms with E-state index in [9.17, 15) is 18.0 Å². The van der Waals surface area contributed by atoms with E-state index in [1.54, 1.807) is 54.6 Å². The number of benzene rings is 3. The summed E-state index contributed by atoms with van der Waals surface area (Å²) in [5.41, 5.74) is 2.82. The van der Waals surface area contributed by atoms with E-state index in [4.69, 9.17) is 4.74 Å². The fourth-order valence-electron chi connectivity index (χ4n) is 4.01.